The topological polar surface area (TPSA) is 86.8 Å². The van der Waals surface area contributed by atoms with E-state index < -0.39 is 28.5 Å². The van der Waals surface area contributed by atoms with Crippen molar-refractivity contribution in [2.24, 2.45) is 0 Å². The van der Waals surface area contributed by atoms with Crippen molar-refractivity contribution in [2.45, 2.75) is 44.7 Å². The lowest BCUT2D eigenvalue weighted by molar-refractivity contribution is -0.140. The Labute approximate surface area is 224 Å². The van der Waals surface area contributed by atoms with E-state index in [1.807, 2.05) is 20.8 Å². The number of rotatable bonds is 10. The largest absolute Gasteiger partial charge is 0.357 e. The molecule has 0 saturated carbocycles. The van der Waals surface area contributed by atoms with Crippen LogP contribution in [0.1, 0.15) is 30.0 Å². The third kappa shape index (κ3) is 6.90. The van der Waals surface area contributed by atoms with Gasteiger partial charge in [-0.05, 0) is 62.2 Å². The summed E-state index contributed by atoms with van der Waals surface area (Å²) in [6.45, 7) is 5.23. The molecule has 0 aromatic heterocycles. The average molecular weight is 542 g/mol. The van der Waals surface area contributed by atoms with Crippen LogP contribution in [0.25, 0.3) is 0 Å². The molecule has 3 aromatic carbocycles. The van der Waals surface area contributed by atoms with E-state index in [-0.39, 0.29) is 17.3 Å². The third-order valence-electron chi connectivity index (χ3n) is 6.11. The van der Waals surface area contributed by atoms with E-state index in [2.05, 4.69) is 5.32 Å². The first-order valence-electron chi connectivity index (χ1n) is 12.0. The van der Waals surface area contributed by atoms with Crippen molar-refractivity contribution < 1.29 is 18.0 Å². The zero-order valence-corrected chi connectivity index (χ0v) is 23.0. The van der Waals surface area contributed by atoms with Gasteiger partial charge in [-0.1, -0.05) is 66.0 Å². The molecule has 1 N–H and O–H groups in total. The van der Waals surface area contributed by atoms with Gasteiger partial charge in [0.05, 0.1) is 10.6 Å². The van der Waals surface area contributed by atoms with Crippen LogP contribution in [0.15, 0.2) is 77.7 Å². The number of benzene rings is 3. The molecular formula is C28H32ClN3O4S. The van der Waals surface area contributed by atoms with Gasteiger partial charge in [-0.15, -0.1) is 0 Å². The lowest BCUT2D eigenvalue weighted by Gasteiger charge is -2.33. The smallest absolute Gasteiger partial charge is 0.264 e. The molecule has 7 nitrogen and oxygen atoms in total. The molecule has 37 heavy (non-hydrogen) atoms. The monoisotopic (exact) mass is 541 g/mol. The molecule has 0 saturated heterocycles. The van der Waals surface area contributed by atoms with Gasteiger partial charge in [0, 0.05) is 18.6 Å². The molecule has 0 heterocycles. The Morgan fingerprint density at radius 3 is 1.95 bits per heavy atom. The van der Waals surface area contributed by atoms with Crippen molar-refractivity contribution >= 4 is 39.1 Å². The third-order valence-corrected chi connectivity index (χ3v) is 8.15. The summed E-state index contributed by atoms with van der Waals surface area (Å²) in [6, 6.07) is 19.6. The van der Waals surface area contributed by atoms with Crippen LogP contribution in [-0.4, -0.2) is 44.8 Å². The number of halogens is 1. The maximum Gasteiger partial charge on any atom is 0.264 e. The fourth-order valence-electron chi connectivity index (χ4n) is 3.95. The molecule has 3 rings (SSSR count). The second-order valence-electron chi connectivity index (χ2n) is 8.85. The average Bonchev–Trinajstić information content (AvgIpc) is 2.88. The van der Waals surface area contributed by atoms with E-state index >= 15 is 0 Å². The van der Waals surface area contributed by atoms with E-state index in [1.165, 1.54) is 24.1 Å². The molecule has 0 bridgehead atoms. The van der Waals surface area contributed by atoms with Crippen LogP contribution < -0.4 is 9.62 Å². The minimum atomic E-state index is -4.08. The van der Waals surface area contributed by atoms with Crippen LogP contribution in [0.4, 0.5) is 5.69 Å². The zero-order valence-electron chi connectivity index (χ0n) is 21.4. The number of sulfonamides is 1. The van der Waals surface area contributed by atoms with E-state index in [1.54, 1.807) is 60.7 Å². The summed E-state index contributed by atoms with van der Waals surface area (Å²) >= 11 is 6.02. The predicted molar refractivity (Wildman–Crippen MR) is 147 cm³/mol. The van der Waals surface area contributed by atoms with Gasteiger partial charge in [-0.25, -0.2) is 8.42 Å². The quantitative estimate of drug-likeness (QED) is 0.403. The standard InChI is InChI=1S/C28H32ClN3O4S/c1-5-26(28(34)30-4)31(18-22-10-12-23(29)13-11-22)27(33)19-32(24-14-6-20(2)7-15-24)37(35,36)25-16-8-21(3)9-17-25/h6-17,26H,5,18-19H2,1-4H3,(H,30,34). The molecule has 2 amide bonds. The Kier molecular flexibility index (Phi) is 9.34. The lowest BCUT2D eigenvalue weighted by atomic mass is 10.1. The van der Waals surface area contributed by atoms with Crippen LogP contribution in [0.5, 0.6) is 0 Å². The predicted octanol–water partition coefficient (Wildman–Crippen LogP) is 4.71. The minimum Gasteiger partial charge on any atom is -0.357 e. The summed E-state index contributed by atoms with van der Waals surface area (Å²) < 4.78 is 28.6. The second kappa shape index (κ2) is 12.3. The van der Waals surface area contributed by atoms with Crippen LogP contribution in [-0.2, 0) is 26.2 Å². The molecule has 3 aromatic rings. The number of nitrogens with zero attached hydrogens (tertiary/aromatic N) is 2. The molecule has 1 atom stereocenters. The summed E-state index contributed by atoms with van der Waals surface area (Å²) in [7, 11) is -2.57. The number of carbonyl (C=O) groups excluding carboxylic acids is 2. The van der Waals surface area contributed by atoms with Crippen molar-refractivity contribution in [1.82, 2.24) is 10.2 Å². The highest BCUT2D eigenvalue weighted by atomic mass is 35.5. The molecule has 1 unspecified atom stereocenters. The molecular weight excluding hydrogens is 510 g/mol. The summed E-state index contributed by atoms with van der Waals surface area (Å²) in [5.41, 5.74) is 3.00. The first-order chi connectivity index (χ1) is 17.6. The summed E-state index contributed by atoms with van der Waals surface area (Å²) in [5, 5.41) is 3.16. The minimum absolute atomic E-state index is 0.0778. The number of anilines is 1. The highest BCUT2D eigenvalue weighted by molar-refractivity contribution is 7.92. The van der Waals surface area contributed by atoms with Gasteiger partial charge in [-0.2, -0.15) is 0 Å². The molecule has 0 aliphatic heterocycles. The van der Waals surface area contributed by atoms with E-state index in [9.17, 15) is 18.0 Å². The number of amides is 2. The van der Waals surface area contributed by atoms with Gasteiger partial charge >= 0.3 is 0 Å². The van der Waals surface area contributed by atoms with Crippen molar-refractivity contribution in [1.29, 1.82) is 0 Å². The van der Waals surface area contributed by atoms with Gasteiger partial charge in [-0.3, -0.25) is 13.9 Å². The summed E-state index contributed by atoms with van der Waals surface area (Å²) in [4.78, 5) is 28.1. The van der Waals surface area contributed by atoms with Gasteiger partial charge in [0.2, 0.25) is 11.8 Å². The molecule has 0 aliphatic rings. The maximum absolute atomic E-state index is 13.8. The van der Waals surface area contributed by atoms with E-state index in [0.717, 1.165) is 21.0 Å². The molecule has 9 heteroatoms. The number of hydrogen-bond acceptors (Lipinski definition) is 4. The number of hydrogen-bond donors (Lipinski definition) is 1. The number of likely N-dealkylation sites (N-methyl/N-ethyl adjacent to an activating group) is 1. The van der Waals surface area contributed by atoms with E-state index in [4.69, 9.17) is 11.6 Å². The van der Waals surface area contributed by atoms with Crippen molar-refractivity contribution in [2.75, 3.05) is 17.9 Å². The lowest BCUT2D eigenvalue weighted by Crippen LogP contribution is -2.51. The molecule has 0 radical (unpaired) electrons. The van der Waals surface area contributed by atoms with Crippen LogP contribution >= 0.6 is 11.6 Å². The SMILES string of the molecule is CCC(C(=O)NC)N(Cc1ccc(Cl)cc1)C(=O)CN(c1ccc(C)cc1)S(=O)(=O)c1ccc(C)cc1. The van der Waals surface area contributed by atoms with Crippen molar-refractivity contribution in [3.8, 4) is 0 Å². The van der Waals surface area contributed by atoms with Crippen molar-refractivity contribution in [3.05, 3.63) is 94.5 Å². The Balaban J connectivity index is 2.04. The zero-order chi connectivity index (χ0) is 27.2. The Morgan fingerprint density at radius 1 is 0.892 bits per heavy atom. The van der Waals surface area contributed by atoms with E-state index in [0.29, 0.717) is 17.1 Å². The van der Waals surface area contributed by atoms with Crippen LogP contribution in [0, 0.1) is 13.8 Å². The van der Waals surface area contributed by atoms with Gasteiger partial charge in [0.25, 0.3) is 10.0 Å². The van der Waals surface area contributed by atoms with Crippen LogP contribution in [0.2, 0.25) is 5.02 Å². The van der Waals surface area contributed by atoms with Crippen molar-refractivity contribution in [3.63, 3.8) is 0 Å². The number of nitrogens with one attached hydrogen (secondary N) is 1. The highest BCUT2D eigenvalue weighted by Gasteiger charge is 2.33. The van der Waals surface area contributed by atoms with Gasteiger partial charge < -0.3 is 10.2 Å². The van der Waals surface area contributed by atoms with Gasteiger partial charge in [0.15, 0.2) is 0 Å². The summed E-state index contributed by atoms with van der Waals surface area (Å²) in [5.74, 6) is -0.824. The maximum atomic E-state index is 13.8. The number of carbonyl (C=O) groups is 2. The Bertz CT molecular complexity index is 1330. The Hall–Kier alpha value is -3.36. The van der Waals surface area contributed by atoms with Crippen LogP contribution in [0.3, 0.4) is 0 Å². The fourth-order valence-corrected chi connectivity index (χ4v) is 5.49. The highest BCUT2D eigenvalue weighted by Crippen LogP contribution is 2.25. The first-order valence-corrected chi connectivity index (χ1v) is 13.8. The summed E-state index contributed by atoms with van der Waals surface area (Å²) in [6.07, 6.45) is 0.355. The number of aryl methyl sites for hydroxylation is 2. The molecule has 0 fully saturated rings. The molecule has 0 spiro atoms. The first kappa shape index (κ1) is 28.2. The fraction of sp³-hybridized carbons (Fsp3) is 0.286. The Morgan fingerprint density at radius 2 is 1.43 bits per heavy atom. The van der Waals surface area contributed by atoms with Gasteiger partial charge in [0.1, 0.15) is 12.6 Å². The normalized spacial score (nSPS) is 12.0. The molecule has 196 valence electrons. The molecule has 0 aliphatic carbocycles. The second-order valence-corrected chi connectivity index (χ2v) is 11.1.